The summed E-state index contributed by atoms with van der Waals surface area (Å²) in [6, 6.07) is 4.01. The van der Waals surface area contributed by atoms with Crippen LogP contribution in [0.4, 0.5) is 0 Å². The molecule has 0 aliphatic carbocycles. The van der Waals surface area contributed by atoms with E-state index in [2.05, 4.69) is 21.7 Å². The van der Waals surface area contributed by atoms with Crippen LogP contribution >= 0.6 is 0 Å². The largest absolute Gasteiger partial charge is 0.326 e. The van der Waals surface area contributed by atoms with E-state index in [9.17, 15) is 0 Å². The Morgan fingerprint density at radius 3 is 2.88 bits per heavy atom. The molecule has 90 valence electrons. The minimum absolute atomic E-state index is 0.581. The Balaban J connectivity index is 2.16. The van der Waals surface area contributed by atoms with Gasteiger partial charge in [-0.2, -0.15) is 0 Å². The Hall–Kier alpha value is -0.970. The molecule has 0 spiro atoms. The molecule has 0 aliphatic heterocycles. The summed E-state index contributed by atoms with van der Waals surface area (Å²) in [6.07, 6.45) is 4.22. The van der Waals surface area contributed by atoms with Gasteiger partial charge in [0.25, 0.3) is 0 Å². The third-order valence-corrected chi connectivity index (χ3v) is 2.45. The number of hydrogen-bond donors (Lipinski definition) is 3. The summed E-state index contributed by atoms with van der Waals surface area (Å²) in [5.41, 5.74) is 7.78. The highest BCUT2D eigenvalue weighted by molar-refractivity contribution is 5.15. The standard InChI is InChI=1S/C12H22N4/c1-14-5-2-3-6-15-10-12-8-11(9-13)4-7-16-12/h4,7-8,14-15H,2-3,5-6,9-10,13H2,1H3. The molecular formula is C12H22N4. The molecule has 0 aromatic carbocycles. The average Bonchev–Trinajstić information content (AvgIpc) is 2.34. The van der Waals surface area contributed by atoms with Gasteiger partial charge in [0.15, 0.2) is 0 Å². The first kappa shape index (κ1) is 13.1. The third kappa shape index (κ3) is 5.21. The molecule has 1 heterocycles. The van der Waals surface area contributed by atoms with Crippen molar-refractivity contribution in [3.63, 3.8) is 0 Å². The van der Waals surface area contributed by atoms with Gasteiger partial charge in [-0.1, -0.05) is 0 Å². The van der Waals surface area contributed by atoms with Crippen LogP contribution < -0.4 is 16.4 Å². The van der Waals surface area contributed by atoms with Gasteiger partial charge >= 0.3 is 0 Å². The zero-order valence-electron chi connectivity index (χ0n) is 10.00. The van der Waals surface area contributed by atoms with Crippen molar-refractivity contribution in [2.24, 2.45) is 5.73 Å². The second kappa shape index (κ2) is 8.21. The van der Waals surface area contributed by atoms with Crippen molar-refractivity contribution in [3.8, 4) is 0 Å². The maximum absolute atomic E-state index is 5.57. The van der Waals surface area contributed by atoms with Crippen molar-refractivity contribution >= 4 is 0 Å². The molecular weight excluding hydrogens is 200 g/mol. The lowest BCUT2D eigenvalue weighted by Crippen LogP contribution is -2.17. The van der Waals surface area contributed by atoms with Gasteiger partial charge in [-0.05, 0) is 50.7 Å². The fraction of sp³-hybridized carbons (Fsp3) is 0.583. The molecule has 0 radical (unpaired) electrons. The summed E-state index contributed by atoms with van der Waals surface area (Å²) in [5.74, 6) is 0. The van der Waals surface area contributed by atoms with Gasteiger partial charge in [0.1, 0.15) is 0 Å². The van der Waals surface area contributed by atoms with E-state index in [-0.39, 0.29) is 0 Å². The van der Waals surface area contributed by atoms with Crippen molar-refractivity contribution in [1.82, 2.24) is 15.6 Å². The Kier molecular flexibility index (Phi) is 6.72. The first-order valence-corrected chi connectivity index (χ1v) is 5.86. The topological polar surface area (TPSA) is 63.0 Å². The van der Waals surface area contributed by atoms with E-state index in [0.29, 0.717) is 6.54 Å². The van der Waals surface area contributed by atoms with E-state index in [1.165, 1.54) is 12.8 Å². The number of aromatic nitrogens is 1. The predicted octanol–water partition coefficient (Wildman–Crippen LogP) is 0.630. The molecule has 0 atom stereocenters. The van der Waals surface area contributed by atoms with E-state index < -0.39 is 0 Å². The minimum Gasteiger partial charge on any atom is -0.326 e. The molecule has 0 fully saturated rings. The Morgan fingerprint density at radius 2 is 2.12 bits per heavy atom. The molecule has 4 heteroatoms. The summed E-state index contributed by atoms with van der Waals surface area (Å²) in [5, 5.41) is 6.52. The fourth-order valence-electron chi connectivity index (χ4n) is 1.52. The van der Waals surface area contributed by atoms with Crippen molar-refractivity contribution in [2.45, 2.75) is 25.9 Å². The lowest BCUT2D eigenvalue weighted by atomic mass is 10.2. The predicted molar refractivity (Wildman–Crippen MR) is 67.0 cm³/mol. The van der Waals surface area contributed by atoms with Crippen LogP contribution in [0.3, 0.4) is 0 Å². The molecule has 0 aliphatic rings. The number of nitrogens with one attached hydrogen (secondary N) is 2. The van der Waals surface area contributed by atoms with E-state index in [1.54, 1.807) is 0 Å². The second-order valence-corrected chi connectivity index (χ2v) is 3.85. The van der Waals surface area contributed by atoms with Crippen molar-refractivity contribution in [1.29, 1.82) is 0 Å². The zero-order valence-corrected chi connectivity index (χ0v) is 10.00. The van der Waals surface area contributed by atoms with Crippen LogP contribution in [0.1, 0.15) is 24.1 Å². The molecule has 1 rings (SSSR count). The van der Waals surface area contributed by atoms with Crippen LogP contribution in [0.25, 0.3) is 0 Å². The van der Waals surface area contributed by atoms with Crippen molar-refractivity contribution in [3.05, 3.63) is 29.6 Å². The third-order valence-electron chi connectivity index (χ3n) is 2.45. The first-order chi connectivity index (χ1) is 7.86. The molecule has 16 heavy (non-hydrogen) atoms. The molecule has 4 nitrogen and oxygen atoms in total. The van der Waals surface area contributed by atoms with Gasteiger partial charge in [-0.3, -0.25) is 4.98 Å². The Morgan fingerprint density at radius 1 is 1.31 bits per heavy atom. The quantitative estimate of drug-likeness (QED) is 0.565. The van der Waals surface area contributed by atoms with Gasteiger partial charge in [0.2, 0.25) is 0 Å². The van der Waals surface area contributed by atoms with Gasteiger partial charge in [0.05, 0.1) is 5.69 Å². The van der Waals surface area contributed by atoms with Gasteiger partial charge < -0.3 is 16.4 Å². The summed E-state index contributed by atoms with van der Waals surface area (Å²) < 4.78 is 0. The summed E-state index contributed by atoms with van der Waals surface area (Å²) in [7, 11) is 1.98. The van der Waals surface area contributed by atoms with E-state index in [0.717, 1.165) is 30.9 Å². The monoisotopic (exact) mass is 222 g/mol. The molecule has 0 unspecified atom stereocenters. The summed E-state index contributed by atoms with van der Waals surface area (Å²) in [4.78, 5) is 4.29. The molecule has 0 saturated carbocycles. The number of nitrogens with zero attached hydrogens (tertiary/aromatic N) is 1. The summed E-state index contributed by atoms with van der Waals surface area (Å²) in [6.45, 7) is 3.53. The number of unbranched alkanes of at least 4 members (excludes halogenated alkanes) is 1. The average molecular weight is 222 g/mol. The van der Waals surface area contributed by atoms with Crippen LogP contribution in [-0.2, 0) is 13.1 Å². The lowest BCUT2D eigenvalue weighted by molar-refractivity contribution is 0.600. The van der Waals surface area contributed by atoms with Crippen LogP contribution in [0.5, 0.6) is 0 Å². The maximum Gasteiger partial charge on any atom is 0.0544 e. The number of hydrogen-bond acceptors (Lipinski definition) is 4. The molecule has 0 bridgehead atoms. The maximum atomic E-state index is 5.57. The fourth-order valence-corrected chi connectivity index (χ4v) is 1.52. The molecule has 4 N–H and O–H groups in total. The lowest BCUT2D eigenvalue weighted by Gasteiger charge is -2.05. The van der Waals surface area contributed by atoms with E-state index in [1.807, 2.05) is 19.3 Å². The van der Waals surface area contributed by atoms with Crippen LogP contribution in [-0.4, -0.2) is 25.1 Å². The van der Waals surface area contributed by atoms with Crippen LogP contribution in [0.2, 0.25) is 0 Å². The Labute approximate surface area is 97.6 Å². The minimum atomic E-state index is 0.581. The highest BCUT2D eigenvalue weighted by Crippen LogP contribution is 2.00. The molecule has 0 saturated heterocycles. The molecule has 1 aromatic heterocycles. The Bertz CT molecular complexity index is 288. The second-order valence-electron chi connectivity index (χ2n) is 3.85. The van der Waals surface area contributed by atoms with Crippen molar-refractivity contribution in [2.75, 3.05) is 20.1 Å². The summed E-state index contributed by atoms with van der Waals surface area (Å²) >= 11 is 0. The van der Waals surface area contributed by atoms with Gasteiger partial charge in [-0.15, -0.1) is 0 Å². The van der Waals surface area contributed by atoms with Crippen molar-refractivity contribution < 1.29 is 0 Å². The highest BCUT2D eigenvalue weighted by Gasteiger charge is 1.95. The van der Waals surface area contributed by atoms with E-state index >= 15 is 0 Å². The first-order valence-electron chi connectivity index (χ1n) is 5.86. The van der Waals surface area contributed by atoms with Crippen LogP contribution in [0, 0.1) is 0 Å². The smallest absolute Gasteiger partial charge is 0.0544 e. The normalized spacial score (nSPS) is 10.6. The number of pyridine rings is 1. The van der Waals surface area contributed by atoms with Crippen LogP contribution in [0.15, 0.2) is 18.3 Å². The highest BCUT2D eigenvalue weighted by atomic mass is 14.9. The van der Waals surface area contributed by atoms with Gasteiger partial charge in [-0.25, -0.2) is 0 Å². The van der Waals surface area contributed by atoms with E-state index in [4.69, 9.17) is 5.73 Å². The van der Waals surface area contributed by atoms with Gasteiger partial charge in [0, 0.05) is 19.3 Å². The molecule has 1 aromatic rings. The number of nitrogens with two attached hydrogens (primary N) is 1. The number of rotatable bonds is 8. The SMILES string of the molecule is CNCCCCNCc1cc(CN)ccn1. The molecule has 0 amide bonds. The zero-order chi connectivity index (χ0) is 11.6.